The van der Waals surface area contributed by atoms with E-state index in [-0.39, 0.29) is 36.9 Å². The van der Waals surface area contributed by atoms with Gasteiger partial charge in [0.15, 0.2) is 0 Å². The Morgan fingerprint density at radius 3 is 2.75 bits per heavy atom. The van der Waals surface area contributed by atoms with Gasteiger partial charge in [-0.1, -0.05) is 30.3 Å². The molecule has 1 fully saturated rings. The molecule has 1 aromatic carbocycles. The predicted molar refractivity (Wildman–Crippen MR) is 78.8 cm³/mol. The first-order valence-electron chi connectivity index (χ1n) is 6.52. The maximum Gasteiger partial charge on any atom is 0.221 e. The Labute approximate surface area is 125 Å². The largest absolute Gasteiger partial charge is 0.376 e. The third kappa shape index (κ3) is 5.46. The fourth-order valence-electron chi connectivity index (χ4n) is 1.97. The Morgan fingerprint density at radius 1 is 1.35 bits per heavy atom. The lowest BCUT2D eigenvalue weighted by Gasteiger charge is -2.23. The summed E-state index contributed by atoms with van der Waals surface area (Å²) in [7, 11) is 0. The lowest BCUT2D eigenvalue weighted by atomic mass is 10.0. The van der Waals surface area contributed by atoms with Crippen LogP contribution in [0, 0.1) is 0 Å². The molecule has 0 bridgehead atoms. The highest BCUT2D eigenvalue weighted by molar-refractivity contribution is 5.85. The first kappa shape index (κ1) is 16.9. The third-order valence-corrected chi connectivity index (χ3v) is 3.04. The predicted octanol–water partition coefficient (Wildman–Crippen LogP) is 1.03. The summed E-state index contributed by atoms with van der Waals surface area (Å²) in [5.74, 6) is -0.0643. The molecule has 0 spiro atoms. The zero-order valence-electron chi connectivity index (χ0n) is 11.3. The smallest absolute Gasteiger partial charge is 0.221 e. The SMILES string of the molecule is Cl.NC(CC(=O)NCC1COCCO1)c1ccccc1. The van der Waals surface area contributed by atoms with Gasteiger partial charge in [0.25, 0.3) is 0 Å². The Morgan fingerprint density at radius 2 is 2.10 bits per heavy atom. The van der Waals surface area contributed by atoms with Gasteiger partial charge < -0.3 is 20.5 Å². The van der Waals surface area contributed by atoms with Gasteiger partial charge in [-0.05, 0) is 5.56 Å². The van der Waals surface area contributed by atoms with Crippen molar-refractivity contribution in [1.82, 2.24) is 5.32 Å². The summed E-state index contributed by atoms with van der Waals surface area (Å²) in [5.41, 5.74) is 6.96. The second-order valence-corrected chi connectivity index (χ2v) is 4.59. The van der Waals surface area contributed by atoms with Gasteiger partial charge in [0.05, 0.1) is 25.9 Å². The van der Waals surface area contributed by atoms with E-state index in [0.29, 0.717) is 26.4 Å². The topological polar surface area (TPSA) is 73.6 Å². The van der Waals surface area contributed by atoms with E-state index in [0.717, 1.165) is 5.56 Å². The van der Waals surface area contributed by atoms with E-state index in [1.807, 2.05) is 30.3 Å². The minimum atomic E-state index is -0.273. The zero-order chi connectivity index (χ0) is 13.5. The number of carbonyl (C=O) groups is 1. The van der Waals surface area contributed by atoms with Gasteiger partial charge in [-0.2, -0.15) is 0 Å². The molecule has 0 aromatic heterocycles. The van der Waals surface area contributed by atoms with Crippen molar-refractivity contribution in [3.05, 3.63) is 35.9 Å². The lowest BCUT2D eigenvalue weighted by molar-refractivity contribution is -0.124. The van der Waals surface area contributed by atoms with E-state index >= 15 is 0 Å². The van der Waals surface area contributed by atoms with Gasteiger partial charge in [-0.3, -0.25) is 4.79 Å². The molecule has 0 radical (unpaired) electrons. The van der Waals surface area contributed by atoms with Crippen LogP contribution < -0.4 is 11.1 Å². The number of nitrogens with one attached hydrogen (secondary N) is 1. The van der Waals surface area contributed by atoms with Gasteiger partial charge in [-0.15, -0.1) is 12.4 Å². The number of hydrogen-bond donors (Lipinski definition) is 2. The van der Waals surface area contributed by atoms with Crippen LogP contribution in [0.5, 0.6) is 0 Å². The van der Waals surface area contributed by atoms with E-state index in [4.69, 9.17) is 15.2 Å². The molecule has 1 heterocycles. The molecule has 6 heteroatoms. The van der Waals surface area contributed by atoms with Gasteiger partial charge in [-0.25, -0.2) is 0 Å². The number of ether oxygens (including phenoxy) is 2. The molecule has 1 aliphatic heterocycles. The first-order chi connectivity index (χ1) is 9.25. The summed E-state index contributed by atoms with van der Waals surface area (Å²) in [5, 5.41) is 2.83. The quantitative estimate of drug-likeness (QED) is 0.852. The second-order valence-electron chi connectivity index (χ2n) is 4.59. The number of halogens is 1. The van der Waals surface area contributed by atoms with Crippen LogP contribution in [-0.4, -0.2) is 38.4 Å². The molecule has 3 N–H and O–H groups in total. The fraction of sp³-hybridized carbons (Fsp3) is 0.500. The van der Waals surface area contributed by atoms with Gasteiger partial charge >= 0.3 is 0 Å². The van der Waals surface area contributed by atoms with Gasteiger partial charge in [0.2, 0.25) is 5.91 Å². The van der Waals surface area contributed by atoms with Crippen LogP contribution in [0.2, 0.25) is 0 Å². The Balaban J connectivity index is 0.00000200. The molecular formula is C14H21ClN2O3. The standard InChI is InChI=1S/C14H20N2O3.ClH/c15-13(11-4-2-1-3-5-11)8-14(17)16-9-12-10-18-6-7-19-12;/h1-5,12-13H,6-10,15H2,(H,16,17);1H. The van der Waals surface area contributed by atoms with Gasteiger partial charge in [0, 0.05) is 19.0 Å². The highest BCUT2D eigenvalue weighted by Crippen LogP contribution is 2.12. The molecule has 1 aliphatic rings. The summed E-state index contributed by atoms with van der Waals surface area (Å²) >= 11 is 0. The monoisotopic (exact) mass is 300 g/mol. The van der Waals surface area contributed by atoms with Crippen molar-refractivity contribution in [1.29, 1.82) is 0 Å². The van der Waals surface area contributed by atoms with E-state index < -0.39 is 0 Å². The molecule has 1 amide bonds. The van der Waals surface area contributed by atoms with Crippen LogP contribution in [0.25, 0.3) is 0 Å². The summed E-state index contributed by atoms with van der Waals surface area (Å²) in [6.45, 7) is 2.22. The molecule has 20 heavy (non-hydrogen) atoms. The number of rotatable bonds is 5. The summed E-state index contributed by atoms with van der Waals surface area (Å²) in [6, 6.07) is 9.34. The lowest BCUT2D eigenvalue weighted by Crippen LogP contribution is -2.40. The molecule has 2 atom stereocenters. The minimum absolute atomic E-state index is 0. The van der Waals surface area contributed by atoms with E-state index in [1.165, 1.54) is 0 Å². The maximum atomic E-state index is 11.8. The van der Waals surface area contributed by atoms with Crippen molar-refractivity contribution in [2.75, 3.05) is 26.4 Å². The van der Waals surface area contributed by atoms with Crippen LogP contribution in [0.15, 0.2) is 30.3 Å². The van der Waals surface area contributed by atoms with Crippen LogP contribution in [0.1, 0.15) is 18.0 Å². The third-order valence-electron chi connectivity index (χ3n) is 3.04. The van der Waals surface area contributed by atoms with E-state index in [1.54, 1.807) is 0 Å². The van der Waals surface area contributed by atoms with Gasteiger partial charge in [0.1, 0.15) is 0 Å². The fourth-order valence-corrected chi connectivity index (χ4v) is 1.97. The van der Waals surface area contributed by atoms with Crippen molar-refractivity contribution in [3.8, 4) is 0 Å². The maximum absolute atomic E-state index is 11.8. The molecule has 2 rings (SSSR count). The Bertz CT molecular complexity index is 397. The zero-order valence-corrected chi connectivity index (χ0v) is 12.1. The van der Waals surface area contributed by atoms with E-state index in [2.05, 4.69) is 5.32 Å². The Kier molecular flexibility index (Phi) is 7.54. The minimum Gasteiger partial charge on any atom is -0.376 e. The number of amides is 1. The highest BCUT2D eigenvalue weighted by Gasteiger charge is 2.16. The summed E-state index contributed by atoms with van der Waals surface area (Å²) in [6.07, 6.45) is 0.225. The first-order valence-corrected chi connectivity index (χ1v) is 6.52. The Hall–Kier alpha value is -1.14. The molecular weight excluding hydrogens is 280 g/mol. The summed E-state index contributed by atoms with van der Waals surface area (Å²) < 4.78 is 10.7. The molecule has 0 aliphatic carbocycles. The second kappa shape index (κ2) is 8.92. The van der Waals surface area contributed by atoms with E-state index in [9.17, 15) is 4.79 Å². The van der Waals surface area contributed by atoms with Crippen LogP contribution in [0.4, 0.5) is 0 Å². The molecule has 112 valence electrons. The van der Waals surface area contributed by atoms with Crippen LogP contribution in [-0.2, 0) is 14.3 Å². The normalized spacial score (nSPS) is 19.8. The molecule has 1 saturated heterocycles. The van der Waals surface area contributed by atoms with Crippen molar-refractivity contribution < 1.29 is 14.3 Å². The van der Waals surface area contributed by atoms with Crippen LogP contribution >= 0.6 is 12.4 Å². The number of carbonyl (C=O) groups excluding carboxylic acids is 1. The van der Waals surface area contributed by atoms with Crippen molar-refractivity contribution >= 4 is 18.3 Å². The van der Waals surface area contributed by atoms with Crippen molar-refractivity contribution in [2.45, 2.75) is 18.6 Å². The molecule has 2 unspecified atom stereocenters. The average molecular weight is 301 g/mol. The molecule has 0 saturated carbocycles. The molecule has 1 aromatic rings. The average Bonchev–Trinajstić information content (AvgIpc) is 2.47. The summed E-state index contributed by atoms with van der Waals surface area (Å²) in [4.78, 5) is 11.8. The number of hydrogen-bond acceptors (Lipinski definition) is 4. The highest BCUT2D eigenvalue weighted by atomic mass is 35.5. The van der Waals surface area contributed by atoms with Crippen molar-refractivity contribution in [2.24, 2.45) is 5.73 Å². The number of benzene rings is 1. The number of nitrogens with two attached hydrogens (primary N) is 1. The van der Waals surface area contributed by atoms with Crippen molar-refractivity contribution in [3.63, 3.8) is 0 Å². The van der Waals surface area contributed by atoms with Crippen LogP contribution in [0.3, 0.4) is 0 Å². The molecule has 5 nitrogen and oxygen atoms in total.